The van der Waals surface area contributed by atoms with Crippen molar-refractivity contribution in [3.63, 3.8) is 0 Å². The summed E-state index contributed by atoms with van der Waals surface area (Å²) >= 11 is 0. The fraction of sp³-hybridized carbons (Fsp3) is 0.895. The van der Waals surface area contributed by atoms with E-state index in [9.17, 15) is 13.2 Å². The molecule has 11 heteroatoms. The Kier molecular flexibility index (Phi) is 9.04. The lowest BCUT2D eigenvalue weighted by Gasteiger charge is -2.29. The molecule has 2 atom stereocenters. The number of rotatable bonds is 8. The van der Waals surface area contributed by atoms with Crippen molar-refractivity contribution in [2.75, 3.05) is 39.2 Å². The minimum atomic E-state index is -3.54. The molecule has 0 saturated carbocycles. The summed E-state index contributed by atoms with van der Waals surface area (Å²) in [6.45, 7) is 7.97. The van der Waals surface area contributed by atoms with Crippen LogP contribution in [0.25, 0.3) is 0 Å². The number of ether oxygens (including phenoxy) is 2. The van der Waals surface area contributed by atoms with E-state index < -0.39 is 27.9 Å². The normalized spacial score (nSPS) is 23.5. The van der Waals surface area contributed by atoms with Crippen molar-refractivity contribution in [2.24, 2.45) is 16.6 Å². The molecular weight excluding hydrogens is 412 g/mol. The molecule has 2 fully saturated rings. The van der Waals surface area contributed by atoms with Crippen molar-refractivity contribution < 1.29 is 26.9 Å². The number of carbonyl (C=O) groups is 1. The van der Waals surface area contributed by atoms with Crippen LogP contribution in [0.5, 0.6) is 0 Å². The van der Waals surface area contributed by atoms with Crippen LogP contribution in [0, 0.1) is 5.92 Å². The zero-order chi connectivity index (χ0) is 22.4. The van der Waals surface area contributed by atoms with Crippen LogP contribution in [0.2, 0.25) is 0 Å². The van der Waals surface area contributed by atoms with Gasteiger partial charge in [-0.1, -0.05) is 0 Å². The van der Waals surface area contributed by atoms with E-state index in [4.69, 9.17) is 19.4 Å². The maximum absolute atomic E-state index is 12.1. The van der Waals surface area contributed by atoms with Crippen molar-refractivity contribution in [1.29, 1.82) is 0 Å². The van der Waals surface area contributed by atoms with Gasteiger partial charge >= 0.3 is 6.09 Å². The van der Waals surface area contributed by atoms with Gasteiger partial charge in [0.15, 0.2) is 0 Å². The highest BCUT2D eigenvalue weighted by molar-refractivity contribution is 7.85. The molecule has 0 radical (unpaired) electrons. The SMILES string of the molecule is CC(C)(C)OC(=O)N=C(N)C(CCC1CCNCC1)N1COC(COS(C)(=O)=O)C1. The zero-order valence-electron chi connectivity index (χ0n) is 18.4. The van der Waals surface area contributed by atoms with Gasteiger partial charge in [-0.2, -0.15) is 13.4 Å². The molecule has 0 bridgehead atoms. The maximum Gasteiger partial charge on any atom is 0.435 e. The number of nitrogens with zero attached hydrogens (tertiary/aromatic N) is 2. The Morgan fingerprint density at radius 1 is 1.33 bits per heavy atom. The summed E-state index contributed by atoms with van der Waals surface area (Å²) in [7, 11) is -3.54. The largest absolute Gasteiger partial charge is 0.442 e. The van der Waals surface area contributed by atoms with Crippen LogP contribution >= 0.6 is 0 Å². The van der Waals surface area contributed by atoms with Gasteiger partial charge in [0.2, 0.25) is 0 Å². The van der Waals surface area contributed by atoms with Crippen LogP contribution in [0.4, 0.5) is 4.79 Å². The van der Waals surface area contributed by atoms with Crippen molar-refractivity contribution in [3.8, 4) is 0 Å². The molecule has 2 unspecified atom stereocenters. The lowest BCUT2D eigenvalue weighted by molar-refractivity contribution is 0.0565. The van der Waals surface area contributed by atoms with Crippen molar-refractivity contribution in [2.45, 2.75) is 64.2 Å². The Bertz CT molecular complexity index is 700. The van der Waals surface area contributed by atoms with E-state index in [1.54, 1.807) is 20.8 Å². The Hall–Kier alpha value is -1.27. The molecule has 2 heterocycles. The average Bonchev–Trinajstić information content (AvgIpc) is 3.07. The molecule has 10 nitrogen and oxygen atoms in total. The standard InChI is InChI=1S/C19H36N4O6S/c1-19(2,3)29-18(24)22-17(20)16(6-5-14-7-9-21-10-8-14)23-11-15(27-13-23)12-28-30(4,25)26/h14-16,21H,5-13H2,1-4H3,(H2,20,22,24). The molecule has 0 aromatic rings. The summed E-state index contributed by atoms with van der Waals surface area (Å²) in [5.41, 5.74) is 5.58. The van der Waals surface area contributed by atoms with Crippen molar-refractivity contribution in [1.82, 2.24) is 10.2 Å². The molecule has 1 amide bonds. The Morgan fingerprint density at radius 2 is 2.00 bits per heavy atom. The summed E-state index contributed by atoms with van der Waals surface area (Å²) in [5, 5.41) is 3.36. The molecule has 0 aromatic heterocycles. The van der Waals surface area contributed by atoms with E-state index in [0.717, 1.165) is 45.0 Å². The molecule has 30 heavy (non-hydrogen) atoms. The van der Waals surface area contributed by atoms with E-state index >= 15 is 0 Å². The van der Waals surface area contributed by atoms with Crippen LogP contribution in [0.15, 0.2) is 4.99 Å². The van der Waals surface area contributed by atoms with Gasteiger partial charge in [-0.15, -0.1) is 0 Å². The number of piperidine rings is 1. The molecular formula is C19H36N4O6S. The van der Waals surface area contributed by atoms with E-state index in [1.165, 1.54) is 0 Å². The van der Waals surface area contributed by atoms with Gasteiger partial charge < -0.3 is 20.5 Å². The zero-order valence-corrected chi connectivity index (χ0v) is 19.2. The molecule has 2 rings (SSSR count). The minimum Gasteiger partial charge on any atom is -0.442 e. The number of nitrogens with one attached hydrogen (secondary N) is 1. The van der Waals surface area contributed by atoms with Gasteiger partial charge in [-0.05, 0) is 65.5 Å². The smallest absolute Gasteiger partial charge is 0.435 e. The lowest BCUT2D eigenvalue weighted by Crippen LogP contribution is -2.45. The number of hydrogen-bond acceptors (Lipinski definition) is 8. The average molecular weight is 449 g/mol. The predicted octanol–water partition coefficient (Wildman–Crippen LogP) is 1.06. The molecule has 2 saturated heterocycles. The number of amidine groups is 1. The summed E-state index contributed by atoms with van der Waals surface area (Å²) in [6.07, 6.45) is 3.80. The van der Waals surface area contributed by atoms with E-state index in [-0.39, 0.29) is 25.2 Å². The first-order valence-electron chi connectivity index (χ1n) is 10.4. The summed E-state index contributed by atoms with van der Waals surface area (Å²) in [4.78, 5) is 18.1. The monoisotopic (exact) mass is 448 g/mol. The third-order valence-corrected chi connectivity index (χ3v) is 5.65. The highest BCUT2D eigenvalue weighted by Crippen LogP contribution is 2.23. The minimum absolute atomic E-state index is 0.0561. The highest BCUT2D eigenvalue weighted by atomic mass is 32.2. The van der Waals surface area contributed by atoms with Gasteiger partial charge in [0, 0.05) is 6.54 Å². The number of nitrogens with two attached hydrogens (primary N) is 1. The van der Waals surface area contributed by atoms with Crippen molar-refractivity contribution >= 4 is 22.0 Å². The molecule has 0 aliphatic carbocycles. The Labute approximate surface area is 179 Å². The Morgan fingerprint density at radius 3 is 2.60 bits per heavy atom. The van der Waals surface area contributed by atoms with Crippen LogP contribution in [-0.2, 0) is 23.8 Å². The second kappa shape index (κ2) is 10.9. The van der Waals surface area contributed by atoms with Crippen LogP contribution in [0.3, 0.4) is 0 Å². The second-order valence-corrected chi connectivity index (χ2v) is 10.6. The second-order valence-electron chi connectivity index (χ2n) is 8.98. The summed E-state index contributed by atoms with van der Waals surface area (Å²) in [5.74, 6) is 0.780. The molecule has 174 valence electrons. The van der Waals surface area contributed by atoms with Gasteiger partial charge in [0.05, 0.1) is 25.0 Å². The van der Waals surface area contributed by atoms with Crippen LogP contribution in [-0.4, -0.2) is 82.2 Å². The lowest BCUT2D eigenvalue weighted by atomic mass is 9.91. The fourth-order valence-corrected chi connectivity index (χ4v) is 4.03. The third kappa shape index (κ3) is 9.25. The topological polar surface area (TPSA) is 133 Å². The Balaban J connectivity index is 2.03. The van der Waals surface area contributed by atoms with E-state index in [2.05, 4.69) is 10.3 Å². The third-order valence-electron chi connectivity index (χ3n) is 5.09. The molecule has 0 aromatic carbocycles. The van der Waals surface area contributed by atoms with Crippen LogP contribution in [0.1, 0.15) is 46.5 Å². The van der Waals surface area contributed by atoms with Crippen molar-refractivity contribution in [3.05, 3.63) is 0 Å². The van der Waals surface area contributed by atoms with E-state index in [1.807, 2.05) is 4.90 Å². The van der Waals surface area contributed by atoms with Gasteiger partial charge in [-0.3, -0.25) is 9.08 Å². The van der Waals surface area contributed by atoms with Gasteiger partial charge in [-0.25, -0.2) is 4.79 Å². The van der Waals surface area contributed by atoms with Gasteiger partial charge in [0.1, 0.15) is 18.2 Å². The maximum atomic E-state index is 12.1. The molecule has 2 aliphatic rings. The first kappa shape index (κ1) is 25.0. The first-order valence-corrected chi connectivity index (χ1v) is 12.2. The quantitative estimate of drug-likeness (QED) is 0.318. The van der Waals surface area contributed by atoms with E-state index in [0.29, 0.717) is 12.5 Å². The first-order chi connectivity index (χ1) is 13.9. The number of hydrogen-bond donors (Lipinski definition) is 2. The summed E-state index contributed by atoms with van der Waals surface area (Å²) in [6, 6.07) is -0.296. The van der Waals surface area contributed by atoms with Gasteiger partial charge in [0.25, 0.3) is 10.1 Å². The number of aliphatic imine (C=N–C) groups is 1. The summed E-state index contributed by atoms with van der Waals surface area (Å²) < 4.78 is 38.3. The highest BCUT2D eigenvalue weighted by Gasteiger charge is 2.33. The number of carbonyl (C=O) groups excluding carboxylic acids is 1. The molecule has 3 N–H and O–H groups in total. The number of amides is 1. The molecule has 2 aliphatic heterocycles. The fourth-order valence-electron chi connectivity index (χ4n) is 3.63. The van der Waals surface area contributed by atoms with Crippen LogP contribution < -0.4 is 11.1 Å². The predicted molar refractivity (Wildman–Crippen MR) is 114 cm³/mol. The molecule has 0 spiro atoms.